The van der Waals surface area contributed by atoms with Gasteiger partial charge in [0, 0.05) is 30.8 Å². The first-order chi connectivity index (χ1) is 14.8. The first-order valence-electron chi connectivity index (χ1n) is 11.4. The monoisotopic (exact) mass is 421 g/mol. The number of amidine groups is 1. The smallest absolute Gasteiger partial charge is 0.133 e. The van der Waals surface area contributed by atoms with E-state index in [-0.39, 0.29) is 11.2 Å². The second-order valence-corrected chi connectivity index (χ2v) is 9.22. The van der Waals surface area contributed by atoms with Gasteiger partial charge in [0.25, 0.3) is 0 Å². The highest BCUT2D eigenvalue weighted by Gasteiger charge is 2.20. The Bertz CT molecular complexity index is 959. The van der Waals surface area contributed by atoms with Crippen molar-refractivity contribution in [3.05, 3.63) is 76.6 Å². The Hall–Kier alpha value is -2.46. The molecular weight excluding hydrogens is 385 g/mol. The average molecular weight is 422 g/mol. The number of hydrogen-bond donors (Lipinski definition) is 2. The van der Waals surface area contributed by atoms with Crippen molar-refractivity contribution in [2.75, 3.05) is 25.0 Å². The number of nitrogens with zero attached hydrogens (tertiary/aromatic N) is 1. The first kappa shape index (κ1) is 23.2. The van der Waals surface area contributed by atoms with Gasteiger partial charge in [0.2, 0.25) is 0 Å². The molecule has 1 aliphatic heterocycles. The van der Waals surface area contributed by atoms with Crippen molar-refractivity contribution in [1.82, 2.24) is 5.32 Å². The van der Waals surface area contributed by atoms with Gasteiger partial charge in [-0.25, -0.2) is 4.39 Å². The number of fused-ring (bicyclic) bond motifs is 2. The summed E-state index contributed by atoms with van der Waals surface area (Å²) in [5, 5.41) is 7.07. The van der Waals surface area contributed by atoms with E-state index in [2.05, 4.69) is 63.1 Å². The quantitative estimate of drug-likeness (QED) is 0.370. The lowest BCUT2D eigenvalue weighted by molar-refractivity contribution is 0.397. The molecule has 0 aromatic heterocycles. The molecule has 2 aromatic carbocycles. The third-order valence-electron chi connectivity index (χ3n) is 6.20. The molecule has 0 radical (unpaired) electrons. The van der Waals surface area contributed by atoms with Gasteiger partial charge < -0.3 is 10.6 Å². The second kappa shape index (κ2) is 10.2. The minimum atomic E-state index is -0.200. The van der Waals surface area contributed by atoms with Crippen molar-refractivity contribution in [3.63, 3.8) is 0 Å². The lowest BCUT2D eigenvalue weighted by Crippen LogP contribution is -2.31. The molecule has 166 valence electrons. The molecule has 1 aliphatic rings. The van der Waals surface area contributed by atoms with E-state index in [0.717, 1.165) is 61.5 Å². The average Bonchev–Trinajstić information content (AvgIpc) is 2.87. The molecule has 3 rings (SSSR count). The topological polar surface area (TPSA) is 36.4 Å². The Balaban J connectivity index is 1.61. The molecule has 1 heterocycles. The molecule has 0 fully saturated rings. The minimum absolute atomic E-state index is 0.129. The number of aryl methyl sites for hydroxylation is 1. The number of benzene rings is 2. The first-order valence-corrected chi connectivity index (χ1v) is 11.4. The third kappa shape index (κ3) is 6.04. The van der Waals surface area contributed by atoms with E-state index in [9.17, 15) is 4.39 Å². The van der Waals surface area contributed by atoms with Crippen LogP contribution in [0, 0.1) is 18.2 Å². The Morgan fingerprint density at radius 3 is 2.74 bits per heavy atom. The predicted molar refractivity (Wildman–Crippen MR) is 131 cm³/mol. The van der Waals surface area contributed by atoms with E-state index in [1.54, 1.807) is 6.07 Å². The van der Waals surface area contributed by atoms with Crippen LogP contribution in [0.2, 0.25) is 0 Å². The molecule has 0 bridgehead atoms. The minimum Gasteiger partial charge on any atom is -0.340 e. The Kier molecular flexibility index (Phi) is 7.66. The van der Waals surface area contributed by atoms with E-state index >= 15 is 0 Å². The molecule has 0 amide bonds. The highest BCUT2D eigenvalue weighted by atomic mass is 19.1. The van der Waals surface area contributed by atoms with Crippen LogP contribution in [-0.2, 0) is 6.42 Å². The number of halogens is 1. The third-order valence-corrected chi connectivity index (χ3v) is 6.20. The fraction of sp³-hybridized carbons (Fsp3) is 0.444. The summed E-state index contributed by atoms with van der Waals surface area (Å²) in [7, 11) is 0. The van der Waals surface area contributed by atoms with Crippen LogP contribution in [0.1, 0.15) is 62.3 Å². The van der Waals surface area contributed by atoms with E-state index in [1.807, 2.05) is 6.07 Å². The molecular formula is C27H36FN3. The van der Waals surface area contributed by atoms with Crippen LogP contribution in [0.3, 0.4) is 0 Å². The maximum Gasteiger partial charge on any atom is 0.133 e. The maximum absolute atomic E-state index is 13.9. The molecule has 31 heavy (non-hydrogen) atoms. The summed E-state index contributed by atoms with van der Waals surface area (Å²) in [4.78, 5) is 4.86. The van der Waals surface area contributed by atoms with Crippen molar-refractivity contribution in [2.45, 2.75) is 53.4 Å². The Labute approximate surface area is 186 Å². The molecule has 3 nitrogen and oxygen atoms in total. The highest BCUT2D eigenvalue weighted by Crippen LogP contribution is 2.28. The molecule has 0 aliphatic carbocycles. The van der Waals surface area contributed by atoms with Crippen LogP contribution >= 0.6 is 0 Å². The molecule has 4 heteroatoms. The SMILES string of the molecule is C=C(CC)C(C)(C)CNCCCCN=C1Nc2ccc(C)cc2Cc2cc(F)ccc21. The molecule has 0 spiro atoms. The van der Waals surface area contributed by atoms with Gasteiger partial charge >= 0.3 is 0 Å². The van der Waals surface area contributed by atoms with Crippen molar-refractivity contribution in [3.8, 4) is 0 Å². The van der Waals surface area contributed by atoms with Crippen LogP contribution < -0.4 is 10.6 Å². The van der Waals surface area contributed by atoms with Gasteiger partial charge in [-0.15, -0.1) is 0 Å². The molecule has 2 N–H and O–H groups in total. The van der Waals surface area contributed by atoms with E-state index in [0.29, 0.717) is 6.42 Å². The number of hydrogen-bond acceptors (Lipinski definition) is 2. The van der Waals surface area contributed by atoms with Crippen LogP contribution in [0.4, 0.5) is 10.1 Å². The zero-order valence-corrected chi connectivity index (χ0v) is 19.4. The van der Waals surface area contributed by atoms with Gasteiger partial charge in [-0.05, 0) is 73.5 Å². The van der Waals surface area contributed by atoms with E-state index in [1.165, 1.54) is 22.8 Å². The molecule has 0 atom stereocenters. The summed E-state index contributed by atoms with van der Waals surface area (Å²) < 4.78 is 13.9. The second-order valence-electron chi connectivity index (χ2n) is 9.22. The molecule has 0 unspecified atom stereocenters. The summed E-state index contributed by atoms with van der Waals surface area (Å²) in [6.45, 7) is 15.6. The normalized spacial score (nSPS) is 14.5. The van der Waals surface area contributed by atoms with E-state index in [4.69, 9.17) is 4.99 Å². The number of nitrogens with one attached hydrogen (secondary N) is 2. The van der Waals surface area contributed by atoms with Gasteiger partial charge in [-0.2, -0.15) is 0 Å². The summed E-state index contributed by atoms with van der Waals surface area (Å²) in [6, 6.07) is 11.4. The van der Waals surface area contributed by atoms with Crippen molar-refractivity contribution in [2.24, 2.45) is 10.4 Å². The van der Waals surface area contributed by atoms with Crippen molar-refractivity contribution in [1.29, 1.82) is 0 Å². The number of rotatable bonds is 9. The fourth-order valence-corrected chi connectivity index (χ4v) is 4.01. The summed E-state index contributed by atoms with van der Waals surface area (Å²) in [5.74, 6) is 0.639. The highest BCUT2D eigenvalue weighted by molar-refractivity contribution is 6.10. The van der Waals surface area contributed by atoms with Crippen LogP contribution in [0.15, 0.2) is 53.5 Å². The van der Waals surface area contributed by atoms with Gasteiger partial charge in [-0.1, -0.05) is 50.6 Å². The summed E-state index contributed by atoms with van der Waals surface area (Å²) in [6.07, 6.45) is 3.80. The van der Waals surface area contributed by atoms with Gasteiger partial charge in [0.15, 0.2) is 0 Å². The number of unbranched alkanes of at least 4 members (excludes halogenated alkanes) is 1. The Morgan fingerprint density at radius 1 is 1.16 bits per heavy atom. The zero-order chi connectivity index (χ0) is 22.4. The largest absolute Gasteiger partial charge is 0.340 e. The Morgan fingerprint density at radius 2 is 1.97 bits per heavy atom. The van der Waals surface area contributed by atoms with Crippen molar-refractivity contribution >= 4 is 11.5 Å². The standard InChI is InChI=1S/C27H36FN3/c1-6-20(3)27(4,5)18-29-13-7-8-14-30-26-24-11-10-23(28)17-21(24)16-22-15-19(2)9-12-25(22)31-26/h9-12,15,17,29H,3,6-8,13-14,16,18H2,1-2,4-5H3,(H,30,31). The van der Waals surface area contributed by atoms with Crippen LogP contribution in [-0.4, -0.2) is 25.5 Å². The summed E-state index contributed by atoms with van der Waals surface area (Å²) >= 11 is 0. The fourth-order valence-electron chi connectivity index (χ4n) is 4.01. The van der Waals surface area contributed by atoms with E-state index < -0.39 is 0 Å². The van der Waals surface area contributed by atoms with Crippen LogP contribution in [0.5, 0.6) is 0 Å². The number of aliphatic imine (C=N–C) groups is 1. The zero-order valence-electron chi connectivity index (χ0n) is 19.4. The lowest BCUT2D eigenvalue weighted by atomic mass is 9.83. The van der Waals surface area contributed by atoms with Gasteiger partial charge in [0.05, 0.1) is 0 Å². The molecule has 0 saturated heterocycles. The number of anilines is 1. The molecule has 0 saturated carbocycles. The predicted octanol–water partition coefficient (Wildman–Crippen LogP) is 6.26. The summed E-state index contributed by atoms with van der Waals surface area (Å²) in [5.41, 5.74) is 6.83. The van der Waals surface area contributed by atoms with Crippen molar-refractivity contribution < 1.29 is 4.39 Å². The maximum atomic E-state index is 13.9. The molecule has 2 aromatic rings. The lowest BCUT2D eigenvalue weighted by Gasteiger charge is -2.27. The van der Waals surface area contributed by atoms with Crippen LogP contribution in [0.25, 0.3) is 0 Å². The van der Waals surface area contributed by atoms with Gasteiger partial charge in [0.1, 0.15) is 11.7 Å². The van der Waals surface area contributed by atoms with Gasteiger partial charge in [-0.3, -0.25) is 4.99 Å².